The van der Waals surface area contributed by atoms with Gasteiger partial charge in [-0.1, -0.05) is 13.8 Å². The molecule has 0 aromatic rings. The molecule has 0 aromatic heterocycles. The molecule has 3 heteroatoms. The second-order valence-corrected chi connectivity index (χ2v) is 4.74. The van der Waals surface area contributed by atoms with Gasteiger partial charge >= 0.3 is 0 Å². The number of nitrogens with two attached hydrogens (primary N) is 1. The highest BCUT2D eigenvalue weighted by molar-refractivity contribution is 4.76. The molecule has 3 nitrogen and oxygen atoms in total. The van der Waals surface area contributed by atoms with Crippen LogP contribution >= 0.6 is 0 Å². The average molecular weight is 203 g/mol. The Bertz CT molecular complexity index is 146. The van der Waals surface area contributed by atoms with Crippen molar-refractivity contribution in [2.75, 3.05) is 13.2 Å². The molecule has 0 amide bonds. The number of ether oxygens (including phenoxy) is 1. The quantitative estimate of drug-likeness (QED) is 0.617. The highest BCUT2D eigenvalue weighted by atomic mass is 16.5. The number of aliphatic hydroxyl groups excluding tert-OH is 1. The third-order valence-corrected chi connectivity index (χ3v) is 2.57. The molecule has 0 heterocycles. The van der Waals surface area contributed by atoms with Gasteiger partial charge in [-0.3, -0.25) is 0 Å². The van der Waals surface area contributed by atoms with Crippen LogP contribution in [0.5, 0.6) is 0 Å². The third-order valence-electron chi connectivity index (χ3n) is 2.57. The lowest BCUT2D eigenvalue weighted by molar-refractivity contribution is 0.0299. The van der Waals surface area contributed by atoms with Crippen LogP contribution in [0, 0.1) is 5.92 Å². The SMILES string of the molecule is CC(C)C(C)OCCCC(C)(N)CO. The van der Waals surface area contributed by atoms with E-state index in [-0.39, 0.29) is 6.61 Å². The van der Waals surface area contributed by atoms with Crippen molar-refractivity contribution in [3.8, 4) is 0 Å². The molecule has 2 atom stereocenters. The summed E-state index contributed by atoms with van der Waals surface area (Å²) in [6.45, 7) is 8.99. The minimum Gasteiger partial charge on any atom is -0.394 e. The van der Waals surface area contributed by atoms with E-state index in [2.05, 4.69) is 20.8 Å². The summed E-state index contributed by atoms with van der Waals surface area (Å²) in [6.07, 6.45) is 2.01. The highest BCUT2D eigenvalue weighted by Gasteiger charge is 2.16. The molecule has 0 spiro atoms. The largest absolute Gasteiger partial charge is 0.394 e. The molecule has 86 valence electrons. The number of rotatable bonds is 7. The summed E-state index contributed by atoms with van der Waals surface area (Å²) in [4.78, 5) is 0. The summed E-state index contributed by atoms with van der Waals surface area (Å²) >= 11 is 0. The van der Waals surface area contributed by atoms with E-state index >= 15 is 0 Å². The molecule has 0 saturated heterocycles. The fourth-order valence-electron chi connectivity index (χ4n) is 1.02. The molecular formula is C11H25NO2. The van der Waals surface area contributed by atoms with Crippen molar-refractivity contribution in [3.05, 3.63) is 0 Å². The summed E-state index contributed by atoms with van der Waals surface area (Å²) in [7, 11) is 0. The minimum atomic E-state index is -0.454. The van der Waals surface area contributed by atoms with E-state index < -0.39 is 5.54 Å². The second-order valence-electron chi connectivity index (χ2n) is 4.74. The average Bonchev–Trinajstić information content (AvgIpc) is 2.12. The molecule has 0 aromatic carbocycles. The van der Waals surface area contributed by atoms with Crippen LogP contribution in [0.4, 0.5) is 0 Å². The highest BCUT2D eigenvalue weighted by Crippen LogP contribution is 2.10. The lowest BCUT2D eigenvalue weighted by atomic mass is 9.99. The molecule has 3 N–H and O–H groups in total. The van der Waals surface area contributed by atoms with Gasteiger partial charge in [0.05, 0.1) is 12.7 Å². The molecule has 14 heavy (non-hydrogen) atoms. The van der Waals surface area contributed by atoms with Crippen molar-refractivity contribution in [1.82, 2.24) is 0 Å². The first-order valence-corrected chi connectivity index (χ1v) is 5.40. The molecular weight excluding hydrogens is 178 g/mol. The Labute approximate surface area is 87.6 Å². The minimum absolute atomic E-state index is 0.0345. The summed E-state index contributed by atoms with van der Waals surface area (Å²) in [5.41, 5.74) is 5.33. The first-order valence-electron chi connectivity index (χ1n) is 5.40. The van der Waals surface area contributed by atoms with Crippen molar-refractivity contribution in [1.29, 1.82) is 0 Å². The van der Waals surface area contributed by atoms with Crippen molar-refractivity contribution < 1.29 is 9.84 Å². The number of aliphatic hydroxyl groups is 1. The molecule has 0 fully saturated rings. The van der Waals surface area contributed by atoms with Gasteiger partial charge in [0.25, 0.3) is 0 Å². The normalized spacial score (nSPS) is 18.2. The van der Waals surface area contributed by atoms with Crippen LogP contribution < -0.4 is 5.73 Å². The zero-order valence-corrected chi connectivity index (χ0v) is 9.92. The van der Waals surface area contributed by atoms with Crippen LogP contribution in [0.3, 0.4) is 0 Å². The molecule has 0 rings (SSSR count). The molecule has 0 aliphatic carbocycles. The summed E-state index contributed by atoms with van der Waals surface area (Å²) < 4.78 is 5.61. The van der Waals surface area contributed by atoms with E-state index in [0.717, 1.165) is 19.4 Å². The molecule has 0 radical (unpaired) electrons. The topological polar surface area (TPSA) is 55.5 Å². The Hall–Kier alpha value is -0.120. The predicted molar refractivity (Wildman–Crippen MR) is 59.2 cm³/mol. The van der Waals surface area contributed by atoms with E-state index in [0.29, 0.717) is 12.0 Å². The van der Waals surface area contributed by atoms with Crippen molar-refractivity contribution in [2.24, 2.45) is 11.7 Å². The molecule has 0 saturated carbocycles. The van der Waals surface area contributed by atoms with Gasteiger partial charge in [-0.05, 0) is 32.6 Å². The van der Waals surface area contributed by atoms with Gasteiger partial charge < -0.3 is 15.6 Å². The lowest BCUT2D eigenvalue weighted by Gasteiger charge is -2.22. The van der Waals surface area contributed by atoms with Crippen molar-refractivity contribution in [2.45, 2.75) is 52.2 Å². The predicted octanol–water partition coefficient (Wildman–Crippen LogP) is 1.54. The van der Waals surface area contributed by atoms with Gasteiger partial charge in [0.1, 0.15) is 0 Å². The number of hydrogen-bond donors (Lipinski definition) is 2. The van der Waals surface area contributed by atoms with Crippen LogP contribution in [-0.2, 0) is 4.74 Å². The maximum atomic E-state index is 8.92. The molecule has 0 bridgehead atoms. The Balaban J connectivity index is 3.47. The van der Waals surface area contributed by atoms with Gasteiger partial charge in [0.15, 0.2) is 0 Å². The fraction of sp³-hybridized carbons (Fsp3) is 1.00. The van der Waals surface area contributed by atoms with Crippen LogP contribution in [0.25, 0.3) is 0 Å². The maximum absolute atomic E-state index is 8.92. The van der Waals surface area contributed by atoms with E-state index in [1.807, 2.05) is 6.92 Å². The Morgan fingerprint density at radius 1 is 1.36 bits per heavy atom. The fourth-order valence-corrected chi connectivity index (χ4v) is 1.02. The number of hydrogen-bond acceptors (Lipinski definition) is 3. The zero-order valence-electron chi connectivity index (χ0n) is 9.92. The summed E-state index contributed by atoms with van der Waals surface area (Å²) in [5, 5.41) is 8.92. The van der Waals surface area contributed by atoms with Gasteiger partial charge in [0.2, 0.25) is 0 Å². The second kappa shape index (κ2) is 6.38. The Morgan fingerprint density at radius 3 is 2.36 bits per heavy atom. The summed E-state index contributed by atoms with van der Waals surface area (Å²) in [5.74, 6) is 0.553. The smallest absolute Gasteiger partial charge is 0.0608 e. The van der Waals surface area contributed by atoms with Crippen molar-refractivity contribution >= 4 is 0 Å². The van der Waals surface area contributed by atoms with Crippen LogP contribution in [0.1, 0.15) is 40.5 Å². The summed E-state index contributed by atoms with van der Waals surface area (Å²) in [6, 6.07) is 0. The maximum Gasteiger partial charge on any atom is 0.0608 e. The first kappa shape index (κ1) is 13.9. The van der Waals surface area contributed by atoms with Gasteiger partial charge in [-0.25, -0.2) is 0 Å². The molecule has 0 aliphatic heterocycles. The monoisotopic (exact) mass is 203 g/mol. The zero-order chi connectivity index (χ0) is 11.2. The van der Waals surface area contributed by atoms with Gasteiger partial charge in [-0.15, -0.1) is 0 Å². The third kappa shape index (κ3) is 6.35. The standard InChI is InChI=1S/C11H25NO2/c1-9(2)10(3)14-7-5-6-11(4,12)8-13/h9-10,13H,5-8,12H2,1-4H3. The van der Waals surface area contributed by atoms with E-state index in [1.165, 1.54) is 0 Å². The first-order chi connectivity index (χ1) is 6.39. The van der Waals surface area contributed by atoms with Crippen LogP contribution in [-0.4, -0.2) is 30.0 Å². The molecule has 0 aliphatic rings. The van der Waals surface area contributed by atoms with Crippen LogP contribution in [0.15, 0.2) is 0 Å². The van der Waals surface area contributed by atoms with E-state index in [9.17, 15) is 0 Å². The van der Waals surface area contributed by atoms with Gasteiger partial charge in [-0.2, -0.15) is 0 Å². The van der Waals surface area contributed by atoms with Gasteiger partial charge in [0, 0.05) is 12.1 Å². The lowest BCUT2D eigenvalue weighted by Crippen LogP contribution is -2.40. The molecule has 2 unspecified atom stereocenters. The Kier molecular flexibility index (Phi) is 6.33. The van der Waals surface area contributed by atoms with Crippen LogP contribution in [0.2, 0.25) is 0 Å². The van der Waals surface area contributed by atoms with E-state index in [1.54, 1.807) is 0 Å². The van der Waals surface area contributed by atoms with E-state index in [4.69, 9.17) is 15.6 Å². The Morgan fingerprint density at radius 2 is 1.93 bits per heavy atom. The van der Waals surface area contributed by atoms with Crippen molar-refractivity contribution in [3.63, 3.8) is 0 Å².